The van der Waals surface area contributed by atoms with Gasteiger partial charge in [-0.3, -0.25) is 9.59 Å². The van der Waals surface area contributed by atoms with Crippen molar-refractivity contribution in [2.75, 3.05) is 20.6 Å². The molecule has 0 spiro atoms. The van der Waals surface area contributed by atoms with Gasteiger partial charge >= 0.3 is 12.0 Å². The number of carboxylic acid groups (broad SMARTS) is 1. The van der Waals surface area contributed by atoms with E-state index < -0.39 is 5.97 Å². The van der Waals surface area contributed by atoms with Gasteiger partial charge in [-0.15, -0.1) is 0 Å². The van der Waals surface area contributed by atoms with Crippen LogP contribution in [0.5, 0.6) is 0 Å². The molecule has 3 amide bonds. The fourth-order valence-electron chi connectivity index (χ4n) is 2.08. The largest absolute Gasteiger partial charge is 0.481 e. The van der Waals surface area contributed by atoms with E-state index in [1.54, 1.807) is 14.1 Å². The molecule has 1 aliphatic carbocycles. The second-order valence-corrected chi connectivity index (χ2v) is 4.98. The van der Waals surface area contributed by atoms with Crippen molar-refractivity contribution in [2.45, 2.75) is 31.7 Å². The van der Waals surface area contributed by atoms with Gasteiger partial charge in [0.1, 0.15) is 0 Å². The lowest BCUT2D eigenvalue weighted by molar-refractivity contribution is -0.141. The van der Waals surface area contributed by atoms with Crippen molar-refractivity contribution in [3.8, 4) is 0 Å². The van der Waals surface area contributed by atoms with Crippen molar-refractivity contribution in [2.24, 2.45) is 5.92 Å². The summed E-state index contributed by atoms with van der Waals surface area (Å²) in [5, 5.41) is 14.2. The predicted molar refractivity (Wildman–Crippen MR) is 68.6 cm³/mol. The number of rotatable bonds is 5. The number of carbonyl (C=O) groups is 3. The van der Waals surface area contributed by atoms with Gasteiger partial charge in [-0.2, -0.15) is 0 Å². The highest BCUT2D eigenvalue weighted by Gasteiger charge is 2.30. The van der Waals surface area contributed by atoms with Gasteiger partial charge in [0.25, 0.3) is 0 Å². The summed E-state index contributed by atoms with van der Waals surface area (Å²) in [6, 6.07) is -0.437. The third-order valence-electron chi connectivity index (χ3n) is 3.24. The van der Waals surface area contributed by atoms with Gasteiger partial charge in [-0.1, -0.05) is 0 Å². The molecule has 7 nitrogen and oxygen atoms in total. The molecule has 1 fully saturated rings. The van der Waals surface area contributed by atoms with Gasteiger partial charge < -0.3 is 20.6 Å². The van der Waals surface area contributed by atoms with E-state index in [2.05, 4.69) is 10.6 Å². The second kappa shape index (κ2) is 6.96. The van der Waals surface area contributed by atoms with E-state index >= 15 is 0 Å². The topological polar surface area (TPSA) is 98.7 Å². The Morgan fingerprint density at radius 3 is 2.47 bits per heavy atom. The van der Waals surface area contributed by atoms with Crippen LogP contribution in [-0.2, 0) is 9.59 Å². The lowest BCUT2D eigenvalue weighted by atomic mass is 10.1. The number of urea groups is 1. The third kappa shape index (κ3) is 5.15. The van der Waals surface area contributed by atoms with Crippen LogP contribution in [0.1, 0.15) is 25.7 Å². The molecule has 2 atom stereocenters. The summed E-state index contributed by atoms with van der Waals surface area (Å²) in [4.78, 5) is 35.0. The fraction of sp³-hybridized carbons (Fsp3) is 0.750. The molecule has 0 aromatic rings. The number of aliphatic carboxylic acids is 1. The average molecular weight is 271 g/mol. The van der Waals surface area contributed by atoms with Gasteiger partial charge in [0.2, 0.25) is 5.91 Å². The molecular formula is C12H21N3O4. The van der Waals surface area contributed by atoms with Crippen molar-refractivity contribution < 1.29 is 19.5 Å². The molecule has 108 valence electrons. The Bertz CT molecular complexity index is 357. The molecule has 2 unspecified atom stereocenters. The van der Waals surface area contributed by atoms with Crippen LogP contribution in [0.4, 0.5) is 4.79 Å². The highest BCUT2D eigenvalue weighted by Crippen LogP contribution is 2.25. The van der Waals surface area contributed by atoms with Crippen LogP contribution in [0.25, 0.3) is 0 Å². The average Bonchev–Trinajstić information content (AvgIpc) is 2.77. The molecule has 3 N–H and O–H groups in total. The first kappa shape index (κ1) is 15.3. The van der Waals surface area contributed by atoms with Gasteiger partial charge in [0.15, 0.2) is 0 Å². The van der Waals surface area contributed by atoms with Crippen LogP contribution < -0.4 is 10.6 Å². The summed E-state index contributed by atoms with van der Waals surface area (Å²) >= 11 is 0. The number of hydrogen-bond acceptors (Lipinski definition) is 3. The monoisotopic (exact) mass is 271 g/mol. The smallest absolute Gasteiger partial charge is 0.315 e. The second-order valence-electron chi connectivity index (χ2n) is 4.98. The van der Waals surface area contributed by atoms with E-state index in [4.69, 9.17) is 5.11 Å². The summed E-state index contributed by atoms with van der Waals surface area (Å²) < 4.78 is 0. The van der Waals surface area contributed by atoms with Crippen molar-refractivity contribution in [1.29, 1.82) is 0 Å². The Morgan fingerprint density at radius 1 is 1.26 bits per heavy atom. The Labute approximate surface area is 112 Å². The molecule has 7 heteroatoms. The van der Waals surface area contributed by atoms with Crippen molar-refractivity contribution in [3.05, 3.63) is 0 Å². The summed E-state index contributed by atoms with van der Waals surface area (Å²) in [6.07, 6.45) is 2.00. The quantitative estimate of drug-likeness (QED) is 0.656. The highest BCUT2D eigenvalue weighted by molar-refractivity contribution is 5.78. The Balaban J connectivity index is 2.18. The van der Waals surface area contributed by atoms with E-state index in [0.29, 0.717) is 19.3 Å². The molecular weight excluding hydrogens is 250 g/mol. The molecule has 0 aliphatic heterocycles. The van der Waals surface area contributed by atoms with Crippen molar-refractivity contribution in [1.82, 2.24) is 15.5 Å². The highest BCUT2D eigenvalue weighted by atomic mass is 16.4. The van der Waals surface area contributed by atoms with Crippen LogP contribution in [0.15, 0.2) is 0 Å². The summed E-state index contributed by atoms with van der Waals surface area (Å²) in [7, 11) is 3.32. The zero-order valence-electron chi connectivity index (χ0n) is 11.3. The van der Waals surface area contributed by atoms with E-state index in [1.165, 1.54) is 4.90 Å². The van der Waals surface area contributed by atoms with Crippen LogP contribution >= 0.6 is 0 Å². The molecule has 0 bridgehead atoms. The first-order valence-corrected chi connectivity index (χ1v) is 6.37. The minimum Gasteiger partial charge on any atom is -0.481 e. The van der Waals surface area contributed by atoms with Crippen LogP contribution in [-0.4, -0.2) is 54.6 Å². The lowest BCUT2D eigenvalue weighted by Gasteiger charge is -2.14. The summed E-state index contributed by atoms with van der Waals surface area (Å²) in [5.41, 5.74) is 0. The van der Waals surface area contributed by atoms with Crippen molar-refractivity contribution in [3.63, 3.8) is 0 Å². The van der Waals surface area contributed by atoms with Crippen molar-refractivity contribution >= 4 is 17.9 Å². The number of nitrogens with one attached hydrogen (secondary N) is 2. The van der Waals surface area contributed by atoms with E-state index in [-0.39, 0.29) is 36.9 Å². The number of hydrogen-bond donors (Lipinski definition) is 3. The van der Waals surface area contributed by atoms with Gasteiger partial charge in [0, 0.05) is 33.1 Å². The van der Waals surface area contributed by atoms with Gasteiger partial charge in [-0.05, 0) is 19.3 Å². The molecule has 1 rings (SSSR count). The molecule has 0 saturated heterocycles. The Morgan fingerprint density at radius 2 is 1.95 bits per heavy atom. The molecule has 1 aliphatic rings. The van der Waals surface area contributed by atoms with Crippen LogP contribution in [0.2, 0.25) is 0 Å². The van der Waals surface area contributed by atoms with E-state index in [9.17, 15) is 14.4 Å². The van der Waals surface area contributed by atoms with Crippen LogP contribution in [0.3, 0.4) is 0 Å². The zero-order chi connectivity index (χ0) is 14.4. The number of carbonyl (C=O) groups excluding carboxylic acids is 2. The molecule has 1 saturated carbocycles. The first-order valence-electron chi connectivity index (χ1n) is 6.37. The first-order chi connectivity index (χ1) is 8.90. The standard InChI is InChI=1S/C12H21N3O4/c1-15(2)10(16)5-6-13-12(19)14-9-4-3-8(7-9)11(17)18/h8-9H,3-7H2,1-2H3,(H,17,18)(H2,13,14,19). The minimum absolute atomic E-state index is 0.0490. The Hall–Kier alpha value is -1.79. The van der Waals surface area contributed by atoms with E-state index in [1.807, 2.05) is 0 Å². The number of carboxylic acids is 1. The molecule has 0 aromatic carbocycles. The maximum absolute atomic E-state index is 11.5. The van der Waals surface area contributed by atoms with Gasteiger partial charge in [0.05, 0.1) is 5.92 Å². The zero-order valence-corrected chi connectivity index (χ0v) is 11.3. The number of amides is 3. The molecule has 0 aromatic heterocycles. The SMILES string of the molecule is CN(C)C(=O)CCNC(=O)NC1CCC(C(=O)O)C1. The lowest BCUT2D eigenvalue weighted by Crippen LogP contribution is -2.42. The fourth-order valence-corrected chi connectivity index (χ4v) is 2.08. The minimum atomic E-state index is -0.804. The normalized spacial score (nSPS) is 21.8. The molecule has 19 heavy (non-hydrogen) atoms. The van der Waals surface area contributed by atoms with Gasteiger partial charge in [-0.25, -0.2) is 4.79 Å². The maximum atomic E-state index is 11.5. The Kier molecular flexibility index (Phi) is 5.59. The molecule has 0 radical (unpaired) electrons. The maximum Gasteiger partial charge on any atom is 0.315 e. The predicted octanol–water partition coefficient (Wildman–Crippen LogP) is 0.0172. The summed E-state index contributed by atoms with van der Waals surface area (Å²) in [6.45, 7) is 0.276. The third-order valence-corrected chi connectivity index (χ3v) is 3.24. The van der Waals surface area contributed by atoms with E-state index in [0.717, 1.165) is 0 Å². The van der Waals surface area contributed by atoms with Crippen LogP contribution in [0, 0.1) is 5.92 Å². The molecule has 0 heterocycles. The number of nitrogens with zero attached hydrogens (tertiary/aromatic N) is 1. The summed E-state index contributed by atoms with van der Waals surface area (Å²) in [5.74, 6) is -1.21.